The Bertz CT molecular complexity index is 539. The predicted octanol–water partition coefficient (Wildman–Crippen LogP) is 3.76. The smallest absolute Gasteiger partial charge is 0.223 e. The molecule has 3 heterocycles. The van der Waals surface area contributed by atoms with Crippen LogP contribution in [0.4, 0.5) is 0 Å². The van der Waals surface area contributed by atoms with Crippen LogP contribution in [0.1, 0.15) is 29.9 Å². The average Bonchev–Trinajstić information content (AvgIpc) is 3.19. The summed E-state index contributed by atoms with van der Waals surface area (Å²) in [5.41, 5.74) is 0. The summed E-state index contributed by atoms with van der Waals surface area (Å²) in [5, 5.41) is 2.14. The van der Waals surface area contributed by atoms with Crippen LogP contribution in [0.3, 0.4) is 0 Å². The summed E-state index contributed by atoms with van der Waals surface area (Å²) in [4.78, 5) is 15.7. The second-order valence-corrected chi connectivity index (χ2v) is 6.72. The van der Waals surface area contributed by atoms with Crippen LogP contribution in [0.5, 0.6) is 0 Å². The molecule has 1 saturated heterocycles. The summed E-state index contributed by atoms with van der Waals surface area (Å²) in [5.74, 6) is 1.90. The van der Waals surface area contributed by atoms with Gasteiger partial charge in [0.15, 0.2) is 0 Å². The lowest BCUT2D eigenvalue weighted by Crippen LogP contribution is -2.38. The number of piperidine rings is 1. The van der Waals surface area contributed by atoms with Gasteiger partial charge in [0.25, 0.3) is 0 Å². The first-order valence-electron chi connectivity index (χ1n) is 7.64. The normalized spacial score (nSPS) is 16.3. The standard InChI is InChI=1S/C17H21NO2S/c19-17(6-5-15-3-1-11-20-15)18-9-7-14(8-10-18)13-16-4-2-12-21-16/h1-4,11-12,14H,5-10,13H2. The highest BCUT2D eigenvalue weighted by molar-refractivity contribution is 7.09. The van der Waals surface area contributed by atoms with Crippen molar-refractivity contribution in [2.75, 3.05) is 13.1 Å². The van der Waals surface area contributed by atoms with E-state index in [-0.39, 0.29) is 5.91 Å². The van der Waals surface area contributed by atoms with Crippen molar-refractivity contribution >= 4 is 17.2 Å². The molecule has 0 aromatic carbocycles. The van der Waals surface area contributed by atoms with E-state index < -0.39 is 0 Å². The number of carbonyl (C=O) groups is 1. The summed E-state index contributed by atoms with van der Waals surface area (Å²) in [6.07, 6.45) is 6.36. The molecule has 4 heteroatoms. The van der Waals surface area contributed by atoms with Gasteiger partial charge >= 0.3 is 0 Å². The highest BCUT2D eigenvalue weighted by Crippen LogP contribution is 2.24. The molecule has 2 aromatic rings. The minimum Gasteiger partial charge on any atom is -0.469 e. The van der Waals surface area contributed by atoms with Crippen LogP contribution in [0, 0.1) is 5.92 Å². The third-order valence-electron chi connectivity index (χ3n) is 4.20. The molecule has 21 heavy (non-hydrogen) atoms. The van der Waals surface area contributed by atoms with Crippen molar-refractivity contribution < 1.29 is 9.21 Å². The van der Waals surface area contributed by atoms with E-state index in [9.17, 15) is 4.79 Å². The van der Waals surface area contributed by atoms with Gasteiger partial charge in [-0.25, -0.2) is 0 Å². The van der Waals surface area contributed by atoms with Crippen LogP contribution in [-0.4, -0.2) is 23.9 Å². The molecule has 0 spiro atoms. The van der Waals surface area contributed by atoms with Gasteiger partial charge in [-0.2, -0.15) is 0 Å². The predicted molar refractivity (Wildman–Crippen MR) is 84.4 cm³/mol. The zero-order valence-corrected chi connectivity index (χ0v) is 13.0. The maximum absolute atomic E-state index is 12.2. The fourth-order valence-corrected chi connectivity index (χ4v) is 3.76. The van der Waals surface area contributed by atoms with Crippen LogP contribution in [0.25, 0.3) is 0 Å². The van der Waals surface area contributed by atoms with Crippen molar-refractivity contribution in [1.82, 2.24) is 4.90 Å². The lowest BCUT2D eigenvalue weighted by atomic mass is 9.92. The number of likely N-dealkylation sites (tertiary alicyclic amines) is 1. The number of aryl methyl sites for hydroxylation is 1. The summed E-state index contributed by atoms with van der Waals surface area (Å²) in [6, 6.07) is 8.13. The molecule has 2 aromatic heterocycles. The third kappa shape index (κ3) is 3.97. The maximum atomic E-state index is 12.2. The van der Waals surface area contributed by atoms with Crippen LogP contribution in [0.15, 0.2) is 40.3 Å². The number of rotatable bonds is 5. The Morgan fingerprint density at radius 3 is 2.81 bits per heavy atom. The second kappa shape index (κ2) is 6.94. The molecule has 1 aliphatic rings. The Morgan fingerprint density at radius 1 is 1.29 bits per heavy atom. The minimum absolute atomic E-state index is 0.265. The van der Waals surface area contributed by atoms with Gasteiger partial charge in [0, 0.05) is 30.8 Å². The van der Waals surface area contributed by atoms with E-state index >= 15 is 0 Å². The van der Waals surface area contributed by atoms with Crippen molar-refractivity contribution in [2.24, 2.45) is 5.92 Å². The summed E-state index contributed by atoms with van der Waals surface area (Å²) in [7, 11) is 0. The van der Waals surface area contributed by atoms with Gasteiger partial charge < -0.3 is 9.32 Å². The molecule has 1 amide bonds. The van der Waals surface area contributed by atoms with Crippen LogP contribution in [-0.2, 0) is 17.6 Å². The first-order valence-corrected chi connectivity index (χ1v) is 8.52. The first kappa shape index (κ1) is 14.4. The Labute approximate surface area is 129 Å². The number of carbonyl (C=O) groups excluding carboxylic acids is 1. The molecule has 112 valence electrons. The van der Waals surface area contributed by atoms with Crippen LogP contribution in [0.2, 0.25) is 0 Å². The fourth-order valence-electron chi connectivity index (χ4n) is 2.94. The zero-order valence-electron chi connectivity index (χ0n) is 12.2. The number of hydrogen-bond acceptors (Lipinski definition) is 3. The molecule has 0 unspecified atom stereocenters. The van der Waals surface area contributed by atoms with Gasteiger partial charge in [-0.1, -0.05) is 6.07 Å². The monoisotopic (exact) mass is 303 g/mol. The summed E-state index contributed by atoms with van der Waals surface area (Å²) in [6.45, 7) is 1.82. The molecule has 0 atom stereocenters. The van der Waals surface area contributed by atoms with Crippen molar-refractivity contribution in [2.45, 2.75) is 32.1 Å². The van der Waals surface area contributed by atoms with Gasteiger partial charge in [-0.3, -0.25) is 4.79 Å². The van der Waals surface area contributed by atoms with Gasteiger partial charge in [-0.15, -0.1) is 11.3 Å². The highest BCUT2D eigenvalue weighted by Gasteiger charge is 2.23. The average molecular weight is 303 g/mol. The number of thiophene rings is 1. The van der Waals surface area contributed by atoms with Crippen molar-refractivity contribution in [1.29, 1.82) is 0 Å². The lowest BCUT2D eigenvalue weighted by molar-refractivity contribution is -0.132. The molecule has 3 rings (SSSR count). The second-order valence-electron chi connectivity index (χ2n) is 5.69. The number of amides is 1. The molecule has 1 fully saturated rings. The number of nitrogens with zero attached hydrogens (tertiary/aromatic N) is 1. The van der Waals surface area contributed by atoms with E-state index in [1.54, 1.807) is 6.26 Å². The van der Waals surface area contributed by atoms with Gasteiger partial charge in [-0.05, 0) is 48.8 Å². The number of furan rings is 1. The fraction of sp³-hybridized carbons (Fsp3) is 0.471. The van der Waals surface area contributed by atoms with Gasteiger partial charge in [0.2, 0.25) is 5.91 Å². The number of hydrogen-bond donors (Lipinski definition) is 0. The SMILES string of the molecule is O=C(CCc1ccco1)N1CCC(Cc2cccs2)CC1. The van der Waals surface area contributed by atoms with Crippen molar-refractivity contribution in [3.63, 3.8) is 0 Å². The third-order valence-corrected chi connectivity index (χ3v) is 5.10. The maximum Gasteiger partial charge on any atom is 0.223 e. The van der Waals surface area contributed by atoms with Crippen LogP contribution >= 0.6 is 11.3 Å². The van der Waals surface area contributed by atoms with E-state index in [0.717, 1.165) is 37.6 Å². The summed E-state index contributed by atoms with van der Waals surface area (Å²) < 4.78 is 5.28. The van der Waals surface area contributed by atoms with Gasteiger partial charge in [0.05, 0.1) is 6.26 Å². The van der Waals surface area contributed by atoms with E-state index in [4.69, 9.17) is 4.42 Å². The molecule has 0 N–H and O–H groups in total. The molecule has 0 radical (unpaired) electrons. The molecule has 1 aliphatic heterocycles. The zero-order chi connectivity index (χ0) is 14.5. The Hall–Kier alpha value is -1.55. The van der Waals surface area contributed by atoms with E-state index in [1.165, 1.54) is 11.3 Å². The molecule has 3 nitrogen and oxygen atoms in total. The van der Waals surface area contributed by atoms with E-state index in [2.05, 4.69) is 17.5 Å². The summed E-state index contributed by atoms with van der Waals surface area (Å²) >= 11 is 1.84. The highest BCUT2D eigenvalue weighted by atomic mass is 32.1. The van der Waals surface area contributed by atoms with Crippen molar-refractivity contribution in [3.8, 4) is 0 Å². The largest absolute Gasteiger partial charge is 0.469 e. The quantitative estimate of drug-likeness (QED) is 0.843. The topological polar surface area (TPSA) is 33.5 Å². The molecular formula is C17H21NO2S. The molecular weight excluding hydrogens is 282 g/mol. The molecule has 0 saturated carbocycles. The van der Waals surface area contributed by atoms with Crippen LogP contribution < -0.4 is 0 Å². The van der Waals surface area contributed by atoms with Gasteiger partial charge in [0.1, 0.15) is 5.76 Å². The Morgan fingerprint density at radius 2 is 2.14 bits per heavy atom. The molecule has 0 aliphatic carbocycles. The van der Waals surface area contributed by atoms with E-state index in [1.807, 2.05) is 28.4 Å². The lowest BCUT2D eigenvalue weighted by Gasteiger charge is -2.32. The molecule has 0 bridgehead atoms. The Balaban J connectivity index is 1.41. The van der Waals surface area contributed by atoms with E-state index in [0.29, 0.717) is 12.8 Å². The minimum atomic E-state index is 0.265. The van der Waals surface area contributed by atoms with Crippen molar-refractivity contribution in [3.05, 3.63) is 46.5 Å². The Kier molecular flexibility index (Phi) is 4.76. The first-order chi connectivity index (χ1) is 10.3.